The molecule has 3 aromatic carbocycles. The Kier molecular flexibility index (Phi) is 12.8. The maximum Gasteiger partial charge on any atom is 0.320 e. The molecule has 294 valence electrons. The molecule has 1 aromatic heterocycles. The molecule has 4 heterocycles. The van der Waals surface area contributed by atoms with Gasteiger partial charge in [-0.1, -0.05) is 48.4 Å². The Morgan fingerprint density at radius 2 is 1.77 bits per heavy atom. The molecule has 0 saturated carbocycles. The van der Waals surface area contributed by atoms with Crippen LogP contribution in [0.4, 0.5) is 0 Å². The minimum atomic E-state index is -0.826. The van der Waals surface area contributed by atoms with E-state index in [4.69, 9.17) is 25.8 Å². The normalized spacial score (nSPS) is 19.9. The average Bonchev–Trinajstić information content (AvgIpc) is 3.85. The first-order valence-corrected chi connectivity index (χ1v) is 20.3. The molecule has 7 rings (SSSR count). The van der Waals surface area contributed by atoms with Gasteiger partial charge >= 0.3 is 5.97 Å². The van der Waals surface area contributed by atoms with Crippen LogP contribution < -0.4 is 19.5 Å². The summed E-state index contributed by atoms with van der Waals surface area (Å²) in [6.45, 7) is 10.9. The second kappa shape index (κ2) is 18.1. The number of halogens is 1. The first kappa shape index (κ1) is 39.6. The van der Waals surface area contributed by atoms with Gasteiger partial charge in [0.15, 0.2) is 0 Å². The number of nitrogens with zero attached hydrogens (tertiary/aromatic N) is 4. The first-order valence-electron chi connectivity index (χ1n) is 19.9. The van der Waals surface area contributed by atoms with Crippen LogP contribution in [0.15, 0.2) is 67.0 Å². The van der Waals surface area contributed by atoms with Crippen molar-refractivity contribution in [1.82, 2.24) is 20.1 Å². The number of carboxylic acids is 1. The Bertz CT molecular complexity index is 2060. The Hall–Kier alpha value is -4.66. The van der Waals surface area contributed by atoms with Gasteiger partial charge in [0, 0.05) is 61.3 Å². The number of piperidine rings is 1. The molecule has 3 aliphatic rings. The van der Waals surface area contributed by atoms with E-state index in [1.54, 1.807) is 18.3 Å². The van der Waals surface area contributed by atoms with Crippen molar-refractivity contribution in [3.63, 3.8) is 0 Å². The maximum atomic E-state index is 12.1. The van der Waals surface area contributed by atoms with Gasteiger partial charge in [-0.15, -0.1) is 0 Å². The number of likely N-dealkylation sites (tertiary alicyclic amines) is 2. The van der Waals surface area contributed by atoms with E-state index in [0.29, 0.717) is 53.7 Å². The van der Waals surface area contributed by atoms with E-state index in [2.05, 4.69) is 71.5 Å². The lowest BCUT2D eigenvalue weighted by Gasteiger charge is -2.33. The van der Waals surface area contributed by atoms with Gasteiger partial charge in [0.05, 0.1) is 17.2 Å². The zero-order chi connectivity index (χ0) is 39.1. The molecule has 2 atom stereocenters. The third-order valence-electron chi connectivity index (χ3n) is 11.8. The van der Waals surface area contributed by atoms with Crippen LogP contribution in [-0.4, -0.2) is 76.8 Å². The second-order valence-electron chi connectivity index (χ2n) is 15.5. The Balaban J connectivity index is 1.04. The van der Waals surface area contributed by atoms with Crippen molar-refractivity contribution >= 4 is 17.6 Å². The fourth-order valence-electron chi connectivity index (χ4n) is 8.60. The molecule has 0 aliphatic carbocycles. The summed E-state index contributed by atoms with van der Waals surface area (Å²) in [4.78, 5) is 20.8. The summed E-state index contributed by atoms with van der Waals surface area (Å²) in [5, 5.41) is 23.5. The van der Waals surface area contributed by atoms with E-state index in [1.165, 1.54) is 25.5 Å². The number of aromatic nitrogens is 1. The van der Waals surface area contributed by atoms with Crippen molar-refractivity contribution < 1.29 is 24.1 Å². The highest BCUT2D eigenvalue weighted by molar-refractivity contribution is 6.32. The molecule has 4 aromatic rings. The predicted molar refractivity (Wildman–Crippen MR) is 217 cm³/mol. The van der Waals surface area contributed by atoms with Crippen molar-refractivity contribution in [3.05, 3.63) is 105 Å². The molecule has 0 bridgehead atoms. The Morgan fingerprint density at radius 1 is 0.946 bits per heavy atom. The van der Waals surface area contributed by atoms with Gasteiger partial charge in [0.1, 0.15) is 42.6 Å². The minimum absolute atomic E-state index is 0.166. The number of nitrogens with one attached hydrogen (secondary N) is 1. The molecule has 3 aliphatic heterocycles. The van der Waals surface area contributed by atoms with Crippen molar-refractivity contribution in [2.45, 2.75) is 90.1 Å². The highest BCUT2D eigenvalue weighted by Gasteiger charge is 2.39. The van der Waals surface area contributed by atoms with Gasteiger partial charge in [-0.25, -0.2) is 0 Å². The summed E-state index contributed by atoms with van der Waals surface area (Å²) < 4.78 is 19.1. The zero-order valence-electron chi connectivity index (χ0n) is 32.5. The molecule has 0 amide bonds. The average molecular weight is 778 g/mol. The van der Waals surface area contributed by atoms with Crippen LogP contribution in [-0.2, 0) is 24.6 Å². The molecule has 2 N–H and O–H groups in total. The van der Waals surface area contributed by atoms with E-state index in [0.717, 1.165) is 90.1 Å². The van der Waals surface area contributed by atoms with E-state index in [-0.39, 0.29) is 13.2 Å². The fraction of sp³-hybridized carbons (Fsp3) is 0.444. The van der Waals surface area contributed by atoms with Crippen molar-refractivity contribution in [1.29, 1.82) is 5.26 Å². The number of benzene rings is 3. The van der Waals surface area contributed by atoms with E-state index in [9.17, 15) is 15.2 Å². The van der Waals surface area contributed by atoms with Crippen LogP contribution in [0.3, 0.4) is 0 Å². The van der Waals surface area contributed by atoms with Crippen LogP contribution in [0, 0.1) is 25.2 Å². The van der Waals surface area contributed by atoms with E-state index in [1.807, 2.05) is 11.0 Å². The third-order valence-corrected chi connectivity index (χ3v) is 12.0. The number of carbonyl (C=O) groups is 1. The monoisotopic (exact) mass is 777 g/mol. The van der Waals surface area contributed by atoms with Crippen molar-refractivity contribution in [2.24, 2.45) is 0 Å². The van der Waals surface area contributed by atoms with Gasteiger partial charge in [-0.3, -0.25) is 14.7 Å². The van der Waals surface area contributed by atoms with Gasteiger partial charge in [-0.2, -0.15) is 5.26 Å². The quantitative estimate of drug-likeness (QED) is 0.115. The van der Waals surface area contributed by atoms with Gasteiger partial charge in [0.25, 0.3) is 0 Å². The van der Waals surface area contributed by atoms with Crippen molar-refractivity contribution in [3.8, 4) is 34.4 Å². The van der Waals surface area contributed by atoms with Crippen LogP contribution in [0.25, 0.3) is 11.1 Å². The van der Waals surface area contributed by atoms with Gasteiger partial charge in [-0.05, 0) is 111 Å². The molecule has 0 radical (unpaired) electrons. The summed E-state index contributed by atoms with van der Waals surface area (Å²) in [5.74, 6) is 1.08. The standard InChI is InChI=1S/C45H52ClN5O5/c1-31-35(9-5-10-37(31)38-11-6-13-41(32(38)2)54-20-8-17-50-19-15-45(30-50)14-7-16-49-45)29-56-43-23-42(55-28-34-21-33(24-47)25-48-26-34)36(22-39(43)46)27-51-18-4-3-12-40(51)44(52)53/h5-6,9-11,13,21-23,25-26,40,49H,3-4,7-8,12,14-20,27-30H2,1-2H3,(H,52,53)/t40-,45?/m0/s1. The summed E-state index contributed by atoms with van der Waals surface area (Å²) >= 11 is 6.88. The second-order valence-corrected chi connectivity index (χ2v) is 15.9. The Morgan fingerprint density at radius 3 is 2.57 bits per heavy atom. The largest absolute Gasteiger partial charge is 0.493 e. The number of rotatable bonds is 15. The topological polar surface area (TPSA) is 120 Å². The number of aliphatic carboxylic acids is 1. The summed E-state index contributed by atoms with van der Waals surface area (Å²) in [6.07, 6.45) is 10.4. The first-order chi connectivity index (χ1) is 27.2. The lowest BCUT2D eigenvalue weighted by molar-refractivity contribution is -0.144. The number of hydrogen-bond acceptors (Lipinski definition) is 9. The van der Waals surface area contributed by atoms with Crippen molar-refractivity contribution in [2.75, 3.05) is 39.3 Å². The smallest absolute Gasteiger partial charge is 0.320 e. The highest BCUT2D eigenvalue weighted by Crippen LogP contribution is 2.38. The molecule has 11 heteroatoms. The van der Waals surface area contributed by atoms with E-state index >= 15 is 0 Å². The number of carboxylic acid groups (broad SMARTS) is 1. The van der Waals surface area contributed by atoms with E-state index < -0.39 is 12.0 Å². The molecule has 10 nitrogen and oxygen atoms in total. The Labute approximate surface area is 335 Å². The minimum Gasteiger partial charge on any atom is -0.493 e. The van der Waals surface area contributed by atoms with Crippen LogP contribution in [0.5, 0.6) is 17.2 Å². The number of nitriles is 1. The van der Waals surface area contributed by atoms with Crippen LogP contribution in [0.1, 0.15) is 78.3 Å². The van der Waals surface area contributed by atoms with Crippen LogP contribution >= 0.6 is 11.6 Å². The zero-order valence-corrected chi connectivity index (χ0v) is 33.2. The summed E-state index contributed by atoms with van der Waals surface area (Å²) in [6, 6.07) is 19.4. The molecular weight excluding hydrogens is 726 g/mol. The highest BCUT2D eigenvalue weighted by atomic mass is 35.5. The fourth-order valence-corrected chi connectivity index (χ4v) is 8.84. The molecule has 3 saturated heterocycles. The maximum absolute atomic E-state index is 12.1. The SMILES string of the molecule is Cc1c(COc2cc(OCc3cncc(C#N)c3)c(CN3CCCC[C@H]3C(=O)O)cc2Cl)cccc1-c1cccc(OCCCN2CCC3(CCCN3)C2)c1C. The summed E-state index contributed by atoms with van der Waals surface area (Å²) in [5.41, 5.74) is 7.78. The summed E-state index contributed by atoms with van der Waals surface area (Å²) in [7, 11) is 0. The molecule has 1 unspecified atom stereocenters. The molecule has 56 heavy (non-hydrogen) atoms. The number of hydrogen-bond donors (Lipinski definition) is 2. The lowest BCUT2D eigenvalue weighted by atomic mass is 9.93. The van der Waals surface area contributed by atoms with Crippen LogP contribution in [0.2, 0.25) is 5.02 Å². The number of pyridine rings is 1. The molecule has 1 spiro atoms. The molecular formula is C45H52ClN5O5. The third kappa shape index (κ3) is 9.30. The predicted octanol–water partition coefficient (Wildman–Crippen LogP) is 8.08. The van der Waals surface area contributed by atoms with Gasteiger partial charge < -0.3 is 29.5 Å². The molecule has 3 fully saturated rings. The number of ether oxygens (including phenoxy) is 3. The van der Waals surface area contributed by atoms with Gasteiger partial charge in [0.2, 0.25) is 0 Å². The lowest BCUT2D eigenvalue weighted by Crippen LogP contribution is -2.44.